The molecule has 0 fully saturated rings. The Morgan fingerprint density at radius 2 is 1.94 bits per heavy atom. The lowest BCUT2D eigenvalue weighted by Gasteiger charge is -2.25. The van der Waals surface area contributed by atoms with Crippen LogP contribution in [-0.2, 0) is 5.75 Å². The number of hydrogen-bond acceptors (Lipinski definition) is 2. The quantitative estimate of drug-likeness (QED) is 0.800. The molecule has 2 heteroatoms. The van der Waals surface area contributed by atoms with E-state index in [1.54, 1.807) is 11.1 Å². The van der Waals surface area contributed by atoms with Gasteiger partial charge < -0.3 is 5.32 Å². The van der Waals surface area contributed by atoms with E-state index in [0.29, 0.717) is 12.0 Å². The maximum absolute atomic E-state index is 3.50. The van der Waals surface area contributed by atoms with Crippen molar-refractivity contribution in [3.63, 3.8) is 0 Å². The number of hydrogen-bond donors (Lipinski definition) is 1. The third kappa shape index (κ3) is 2.01. The van der Waals surface area contributed by atoms with Crippen LogP contribution in [0.3, 0.4) is 0 Å². The highest BCUT2D eigenvalue weighted by molar-refractivity contribution is 7.98. The first-order chi connectivity index (χ1) is 7.65. The minimum atomic E-state index is 0.518. The van der Waals surface area contributed by atoms with Crippen LogP contribution >= 0.6 is 11.8 Å². The summed E-state index contributed by atoms with van der Waals surface area (Å²) in [5, 5.41) is 3.50. The number of benzene rings is 1. The Hall–Kier alpha value is -0.470. The van der Waals surface area contributed by atoms with Gasteiger partial charge in [0.15, 0.2) is 0 Å². The third-order valence-corrected chi connectivity index (χ3v) is 4.88. The van der Waals surface area contributed by atoms with Gasteiger partial charge in [-0.05, 0) is 54.8 Å². The normalized spacial score (nSPS) is 25.0. The Bertz CT molecular complexity index is 387. The van der Waals surface area contributed by atoms with Crippen LogP contribution < -0.4 is 5.32 Å². The zero-order valence-corrected chi connectivity index (χ0v) is 11.4. The number of rotatable bonds is 1. The Balaban J connectivity index is 2.57. The average Bonchev–Trinajstić information content (AvgIpc) is 2.43. The molecule has 1 aromatic carbocycles. The van der Waals surface area contributed by atoms with Gasteiger partial charge in [-0.25, -0.2) is 0 Å². The lowest BCUT2D eigenvalue weighted by Crippen LogP contribution is -2.25. The molecule has 2 rings (SSSR count). The van der Waals surface area contributed by atoms with Gasteiger partial charge in [0.25, 0.3) is 0 Å². The zero-order valence-electron chi connectivity index (χ0n) is 10.6. The van der Waals surface area contributed by atoms with Gasteiger partial charge in [0, 0.05) is 11.8 Å². The summed E-state index contributed by atoms with van der Waals surface area (Å²) in [6.07, 6.45) is 0. The molecule has 0 spiro atoms. The maximum atomic E-state index is 3.50. The summed E-state index contributed by atoms with van der Waals surface area (Å²) in [6.45, 7) is 6.83. The number of aryl methyl sites for hydroxylation is 2. The van der Waals surface area contributed by atoms with Crippen molar-refractivity contribution in [3.05, 3.63) is 34.4 Å². The van der Waals surface area contributed by atoms with Crippen LogP contribution in [0.5, 0.6) is 0 Å². The summed E-state index contributed by atoms with van der Waals surface area (Å²) in [6, 6.07) is 5.04. The first kappa shape index (κ1) is 12.0. The smallest absolute Gasteiger partial charge is 0.0357 e. The summed E-state index contributed by atoms with van der Waals surface area (Å²) in [4.78, 5) is 0. The first-order valence-electron chi connectivity index (χ1n) is 5.99. The van der Waals surface area contributed by atoms with E-state index in [-0.39, 0.29) is 0 Å². The van der Waals surface area contributed by atoms with Crippen LogP contribution in [0.15, 0.2) is 12.1 Å². The van der Waals surface area contributed by atoms with Crippen LogP contribution in [0, 0.1) is 19.8 Å². The molecular weight excluding hydrogens is 214 g/mol. The van der Waals surface area contributed by atoms with E-state index >= 15 is 0 Å². The molecule has 0 bridgehead atoms. The predicted molar refractivity (Wildman–Crippen MR) is 73.0 cm³/mol. The lowest BCUT2D eigenvalue weighted by atomic mass is 9.87. The molecule has 0 radical (unpaired) electrons. The van der Waals surface area contributed by atoms with Crippen LogP contribution in [0.25, 0.3) is 0 Å². The van der Waals surface area contributed by atoms with Gasteiger partial charge in [-0.1, -0.05) is 19.1 Å². The second kappa shape index (κ2) is 4.80. The van der Waals surface area contributed by atoms with Crippen LogP contribution in [0.2, 0.25) is 0 Å². The van der Waals surface area contributed by atoms with Gasteiger partial charge in [0.2, 0.25) is 0 Å². The van der Waals surface area contributed by atoms with Crippen molar-refractivity contribution in [2.75, 3.05) is 12.8 Å². The molecule has 1 nitrogen and oxygen atoms in total. The molecule has 0 saturated carbocycles. The van der Waals surface area contributed by atoms with E-state index in [4.69, 9.17) is 0 Å². The van der Waals surface area contributed by atoms with Gasteiger partial charge in [0.1, 0.15) is 0 Å². The minimum absolute atomic E-state index is 0.518. The SMILES string of the molecule is CNC1c2c(C)ccc(C)c2CSCC1C. The zero-order chi connectivity index (χ0) is 11.7. The van der Waals surface area contributed by atoms with Crippen LogP contribution in [0.4, 0.5) is 0 Å². The fourth-order valence-corrected chi connectivity index (χ4v) is 3.94. The molecule has 0 aromatic heterocycles. The molecule has 0 aliphatic carbocycles. The topological polar surface area (TPSA) is 12.0 Å². The molecule has 1 heterocycles. The summed E-state index contributed by atoms with van der Waals surface area (Å²) in [5.41, 5.74) is 6.01. The molecule has 2 atom stereocenters. The molecule has 0 saturated heterocycles. The third-order valence-electron chi connectivity index (χ3n) is 3.63. The van der Waals surface area contributed by atoms with E-state index in [1.807, 2.05) is 0 Å². The fourth-order valence-electron chi connectivity index (χ4n) is 2.67. The molecule has 1 aromatic rings. The summed E-state index contributed by atoms with van der Waals surface area (Å²) >= 11 is 2.07. The van der Waals surface area contributed by atoms with Crippen LogP contribution in [-0.4, -0.2) is 12.8 Å². The van der Waals surface area contributed by atoms with Gasteiger partial charge in [-0.15, -0.1) is 0 Å². The highest BCUT2D eigenvalue weighted by Gasteiger charge is 2.25. The van der Waals surface area contributed by atoms with Crippen molar-refractivity contribution >= 4 is 11.8 Å². The van der Waals surface area contributed by atoms with E-state index in [9.17, 15) is 0 Å². The van der Waals surface area contributed by atoms with Crippen molar-refractivity contribution in [1.82, 2.24) is 5.32 Å². The molecule has 16 heavy (non-hydrogen) atoms. The molecule has 1 N–H and O–H groups in total. The first-order valence-corrected chi connectivity index (χ1v) is 7.14. The number of nitrogens with one attached hydrogen (secondary N) is 1. The highest BCUT2D eigenvalue weighted by atomic mass is 32.2. The number of fused-ring (bicyclic) bond motifs is 1. The molecule has 88 valence electrons. The minimum Gasteiger partial charge on any atom is -0.313 e. The highest BCUT2D eigenvalue weighted by Crippen LogP contribution is 2.37. The second-order valence-electron chi connectivity index (χ2n) is 4.85. The Morgan fingerprint density at radius 3 is 2.62 bits per heavy atom. The van der Waals surface area contributed by atoms with Gasteiger partial charge in [0.05, 0.1) is 0 Å². The largest absolute Gasteiger partial charge is 0.313 e. The summed E-state index contributed by atoms with van der Waals surface area (Å²) in [5.74, 6) is 3.13. The van der Waals surface area contributed by atoms with Crippen molar-refractivity contribution in [2.24, 2.45) is 5.92 Å². The predicted octanol–water partition coefficient (Wildman–Crippen LogP) is 3.45. The summed E-state index contributed by atoms with van der Waals surface area (Å²) < 4.78 is 0. The van der Waals surface area contributed by atoms with Crippen molar-refractivity contribution in [3.8, 4) is 0 Å². The van der Waals surface area contributed by atoms with Crippen molar-refractivity contribution in [2.45, 2.75) is 32.6 Å². The monoisotopic (exact) mass is 235 g/mol. The second-order valence-corrected chi connectivity index (χ2v) is 5.88. The van der Waals surface area contributed by atoms with Gasteiger partial charge in [-0.3, -0.25) is 0 Å². The molecular formula is C14H21NS. The summed E-state index contributed by atoms with van der Waals surface area (Å²) in [7, 11) is 2.09. The molecule has 2 unspecified atom stereocenters. The van der Waals surface area contributed by atoms with E-state index in [1.165, 1.54) is 22.6 Å². The van der Waals surface area contributed by atoms with Gasteiger partial charge in [-0.2, -0.15) is 11.8 Å². The van der Waals surface area contributed by atoms with E-state index < -0.39 is 0 Å². The van der Waals surface area contributed by atoms with Crippen molar-refractivity contribution in [1.29, 1.82) is 0 Å². The molecule has 0 amide bonds. The van der Waals surface area contributed by atoms with Gasteiger partial charge >= 0.3 is 0 Å². The maximum Gasteiger partial charge on any atom is 0.0357 e. The van der Waals surface area contributed by atoms with E-state index in [2.05, 4.69) is 57.0 Å². The average molecular weight is 235 g/mol. The van der Waals surface area contributed by atoms with Crippen molar-refractivity contribution < 1.29 is 0 Å². The standard InChI is InChI=1S/C14H21NS/c1-9-5-6-10(2)13-12(9)8-16-7-11(3)14(13)15-4/h5-6,11,14-15H,7-8H2,1-4H3. The fraction of sp³-hybridized carbons (Fsp3) is 0.571. The Kier molecular flexibility index (Phi) is 3.60. The Labute approximate surface area is 103 Å². The lowest BCUT2D eigenvalue weighted by molar-refractivity contribution is 0.448. The number of thioether (sulfide) groups is 1. The van der Waals surface area contributed by atoms with E-state index in [0.717, 1.165) is 0 Å². The Morgan fingerprint density at radius 1 is 1.25 bits per heavy atom. The molecule has 1 aliphatic rings. The molecule has 1 aliphatic heterocycles. The van der Waals surface area contributed by atoms with Crippen LogP contribution in [0.1, 0.15) is 35.2 Å².